The van der Waals surface area contributed by atoms with Gasteiger partial charge in [0.05, 0.1) is 0 Å². The van der Waals surface area contributed by atoms with Crippen LogP contribution in [0.1, 0.15) is 11.1 Å². The molecule has 0 fully saturated rings. The van der Waals surface area contributed by atoms with Crippen molar-refractivity contribution in [1.29, 1.82) is 0 Å². The Kier molecular flexibility index (Phi) is 7.07. The highest BCUT2D eigenvalue weighted by Crippen LogP contribution is 2.06. The summed E-state index contributed by atoms with van der Waals surface area (Å²) < 4.78 is 55.6. The minimum absolute atomic E-state index is 1.23. The van der Waals surface area contributed by atoms with Crippen LogP contribution in [-0.4, -0.2) is 25.9 Å². The predicted octanol–water partition coefficient (Wildman–Crippen LogP) is 2.47. The van der Waals surface area contributed by atoms with Gasteiger partial charge in [0.25, 0.3) is 0 Å². The van der Waals surface area contributed by atoms with Crippen molar-refractivity contribution in [3.8, 4) is 0 Å². The molecule has 0 heterocycles. The second-order valence-electron chi connectivity index (χ2n) is 4.08. The number of hydrogen-bond acceptors (Lipinski definition) is 5. The van der Waals surface area contributed by atoms with Crippen LogP contribution >= 0.6 is 0 Å². The fraction of sp³-hybridized carbons (Fsp3) is 0. The first-order valence-corrected chi connectivity index (χ1v) is 8.83. The van der Waals surface area contributed by atoms with Gasteiger partial charge in [0.15, 0.2) is 0 Å². The van der Waals surface area contributed by atoms with E-state index in [9.17, 15) is 16.8 Å². The Hall–Kier alpha value is -2.04. The molecule has 2 N–H and O–H groups in total. The molecule has 0 aliphatic carbocycles. The summed E-state index contributed by atoms with van der Waals surface area (Å²) in [6, 6.07) is 20.6. The van der Waals surface area contributed by atoms with Crippen molar-refractivity contribution in [1.82, 2.24) is 0 Å². The van der Waals surface area contributed by atoms with Gasteiger partial charge in [0.1, 0.15) is 0 Å². The molecule has 7 nitrogen and oxygen atoms in total. The highest BCUT2D eigenvalue weighted by molar-refractivity contribution is 7.94. The zero-order valence-electron chi connectivity index (χ0n) is 11.7. The maximum Gasteiger partial charge on any atom is 0.413 e. The molecule has 124 valence electrons. The van der Waals surface area contributed by atoms with Crippen molar-refractivity contribution in [3.05, 3.63) is 71.8 Å². The molecule has 2 aromatic carbocycles. The topological polar surface area (TPSA) is 118 Å². The van der Waals surface area contributed by atoms with E-state index in [0.717, 1.165) is 0 Å². The first kappa shape index (κ1) is 19.0. The fourth-order valence-electron chi connectivity index (χ4n) is 1.43. The molecular weight excluding hydrogens is 344 g/mol. The van der Waals surface area contributed by atoms with E-state index in [1.165, 1.54) is 11.1 Å². The molecule has 2 rings (SSSR count). The second-order valence-corrected chi connectivity index (χ2v) is 6.33. The van der Waals surface area contributed by atoms with Gasteiger partial charge >= 0.3 is 20.8 Å². The van der Waals surface area contributed by atoms with Crippen LogP contribution in [0.3, 0.4) is 0 Å². The minimum Gasteiger partial charge on any atom is -0.263 e. The number of rotatable bonds is 4. The van der Waals surface area contributed by atoms with E-state index in [0.29, 0.717) is 0 Å². The van der Waals surface area contributed by atoms with Crippen molar-refractivity contribution in [2.24, 2.45) is 0 Å². The molecule has 23 heavy (non-hydrogen) atoms. The van der Waals surface area contributed by atoms with E-state index < -0.39 is 20.8 Å². The summed E-state index contributed by atoms with van der Waals surface area (Å²) in [6.07, 6.45) is 4.24. The van der Waals surface area contributed by atoms with Crippen LogP contribution in [0.25, 0.3) is 12.2 Å². The molecule has 0 amide bonds. The smallest absolute Gasteiger partial charge is 0.263 e. The SMILES string of the molecule is C(=Cc1ccccc1)c1ccccc1.O=S(=O)(O)OS(=O)(=O)O. The standard InChI is InChI=1S/C14H12.H2O7S2/c1-3-7-13(8-4-1)11-12-14-9-5-2-6-10-14;1-8(2,3)7-9(4,5)6/h1-12H;(H,1,2,3)(H,4,5,6). The van der Waals surface area contributed by atoms with Crippen molar-refractivity contribution in [3.63, 3.8) is 0 Å². The van der Waals surface area contributed by atoms with E-state index in [1.54, 1.807) is 0 Å². The normalized spacial score (nSPS) is 11.7. The van der Waals surface area contributed by atoms with Gasteiger partial charge in [-0.05, 0) is 11.1 Å². The fourth-order valence-corrected chi connectivity index (χ4v) is 2.30. The monoisotopic (exact) mass is 358 g/mol. The van der Waals surface area contributed by atoms with Crippen LogP contribution in [0.15, 0.2) is 60.7 Å². The summed E-state index contributed by atoms with van der Waals surface area (Å²) in [5, 5.41) is 0. The van der Waals surface area contributed by atoms with Gasteiger partial charge in [-0.1, -0.05) is 72.8 Å². The lowest BCUT2D eigenvalue weighted by atomic mass is 10.1. The molecule has 0 saturated carbocycles. The molecule has 2 aromatic rings. The maximum absolute atomic E-state index is 9.44. The van der Waals surface area contributed by atoms with Gasteiger partial charge in [-0.25, -0.2) is 0 Å². The molecule has 9 heteroatoms. The lowest BCUT2D eigenvalue weighted by molar-refractivity contribution is 0.344. The molecule has 0 atom stereocenters. The van der Waals surface area contributed by atoms with Crippen molar-refractivity contribution < 1.29 is 29.6 Å². The third-order valence-electron chi connectivity index (χ3n) is 2.24. The van der Waals surface area contributed by atoms with Gasteiger partial charge in [0.2, 0.25) is 0 Å². The van der Waals surface area contributed by atoms with Crippen LogP contribution in [0.4, 0.5) is 0 Å². The lowest BCUT2D eigenvalue weighted by Crippen LogP contribution is -2.10. The van der Waals surface area contributed by atoms with Gasteiger partial charge in [-0.3, -0.25) is 9.11 Å². The first-order valence-electron chi connectivity index (χ1n) is 6.10. The molecule has 0 spiro atoms. The maximum atomic E-state index is 9.44. The Bertz CT molecular complexity index is 756. The summed E-state index contributed by atoms with van der Waals surface area (Å²) in [5.41, 5.74) is 2.47. The second kappa shape index (κ2) is 8.56. The first-order chi connectivity index (χ1) is 10.7. The van der Waals surface area contributed by atoms with Crippen molar-refractivity contribution in [2.75, 3.05) is 0 Å². The average Bonchev–Trinajstić information content (AvgIpc) is 2.44. The summed E-state index contributed by atoms with van der Waals surface area (Å²) >= 11 is 0. The van der Waals surface area contributed by atoms with Gasteiger partial charge in [-0.2, -0.15) is 16.8 Å². The zero-order valence-corrected chi connectivity index (χ0v) is 13.3. The van der Waals surface area contributed by atoms with Crippen LogP contribution in [-0.2, 0) is 24.4 Å². The van der Waals surface area contributed by atoms with E-state index in [1.807, 2.05) is 36.4 Å². The minimum atomic E-state index is -5.12. The summed E-state index contributed by atoms with van der Waals surface area (Å²) in [5.74, 6) is 0. The highest BCUT2D eigenvalue weighted by atomic mass is 32.3. The van der Waals surface area contributed by atoms with Crippen LogP contribution in [0.5, 0.6) is 0 Å². The average molecular weight is 358 g/mol. The van der Waals surface area contributed by atoms with Crippen molar-refractivity contribution >= 4 is 33.0 Å². The number of hydrogen-bond donors (Lipinski definition) is 2. The van der Waals surface area contributed by atoms with E-state index >= 15 is 0 Å². The van der Waals surface area contributed by atoms with Gasteiger partial charge in [0, 0.05) is 0 Å². The molecule has 0 aliphatic heterocycles. The van der Waals surface area contributed by atoms with E-state index in [2.05, 4.69) is 40.0 Å². The Morgan fingerprint density at radius 3 is 1.17 bits per heavy atom. The number of benzene rings is 2. The lowest BCUT2D eigenvalue weighted by Gasteiger charge is -1.92. The Balaban J connectivity index is 0.000000257. The quantitative estimate of drug-likeness (QED) is 0.636. The molecule has 0 radical (unpaired) electrons. The zero-order chi connectivity index (χ0) is 17.3. The summed E-state index contributed by atoms with van der Waals surface area (Å²) in [7, 11) is -10.2. The Morgan fingerprint density at radius 1 is 0.652 bits per heavy atom. The molecule has 0 bridgehead atoms. The predicted molar refractivity (Wildman–Crippen MR) is 86.0 cm³/mol. The molecule has 0 aliphatic rings. The van der Waals surface area contributed by atoms with Crippen molar-refractivity contribution in [2.45, 2.75) is 0 Å². The van der Waals surface area contributed by atoms with E-state index in [4.69, 9.17) is 9.11 Å². The third kappa shape index (κ3) is 10.3. The van der Waals surface area contributed by atoms with Crippen LogP contribution in [0, 0.1) is 0 Å². The molecule has 0 aromatic heterocycles. The Morgan fingerprint density at radius 2 is 0.957 bits per heavy atom. The van der Waals surface area contributed by atoms with Gasteiger partial charge in [-0.15, -0.1) is 3.63 Å². The van der Waals surface area contributed by atoms with Gasteiger partial charge < -0.3 is 0 Å². The largest absolute Gasteiger partial charge is 0.413 e. The molecular formula is C14H14O7S2. The highest BCUT2D eigenvalue weighted by Gasteiger charge is 2.15. The van der Waals surface area contributed by atoms with E-state index in [-0.39, 0.29) is 0 Å². The van der Waals surface area contributed by atoms with Crippen LogP contribution < -0.4 is 0 Å². The third-order valence-corrected chi connectivity index (χ3v) is 3.62. The van der Waals surface area contributed by atoms with Crippen LogP contribution in [0.2, 0.25) is 0 Å². The molecule has 0 saturated heterocycles. The summed E-state index contributed by atoms with van der Waals surface area (Å²) in [4.78, 5) is 0. The summed E-state index contributed by atoms with van der Waals surface area (Å²) in [6.45, 7) is 0. The Labute approximate surface area is 134 Å². The molecule has 0 unspecified atom stereocenters.